The van der Waals surface area contributed by atoms with Crippen LogP contribution in [-0.2, 0) is 0 Å². The van der Waals surface area contributed by atoms with E-state index in [-0.39, 0.29) is 6.04 Å². The van der Waals surface area contributed by atoms with Gasteiger partial charge < -0.3 is 20.6 Å². The lowest BCUT2D eigenvalue weighted by atomic mass is 10.1. The molecule has 0 amide bonds. The molecule has 1 fully saturated rings. The third-order valence-corrected chi connectivity index (χ3v) is 4.77. The van der Waals surface area contributed by atoms with Crippen molar-refractivity contribution in [3.63, 3.8) is 0 Å². The van der Waals surface area contributed by atoms with E-state index < -0.39 is 6.10 Å². The average molecular weight is 337 g/mol. The number of nitrogens with one attached hydrogen (secondary N) is 2. The minimum atomic E-state index is -0.445. The first-order valence-electron chi connectivity index (χ1n) is 7.56. The van der Waals surface area contributed by atoms with Crippen LogP contribution in [0.4, 0.5) is 11.8 Å². The summed E-state index contributed by atoms with van der Waals surface area (Å²) in [5.74, 6) is 1.13. The number of aryl methyl sites for hydroxylation is 2. The molecule has 2 atom stereocenters. The second-order valence-corrected chi connectivity index (χ2v) is 6.40. The van der Waals surface area contributed by atoms with Crippen molar-refractivity contribution in [2.45, 2.75) is 26.0 Å². The number of anilines is 2. The highest BCUT2D eigenvalue weighted by molar-refractivity contribution is 6.33. The fourth-order valence-electron chi connectivity index (χ4n) is 3.00. The fraction of sp³-hybridized carbons (Fsp3) is 0.533. The number of aliphatic hydroxyl groups is 1. The monoisotopic (exact) mass is 336 g/mol. The Balaban J connectivity index is 2.04. The SMILES string of the molecule is CNc1nc(N[C@H]2CN(C)C[C@@H]2O)nc2nc(C)c(Cl)c(C)c12. The first-order chi connectivity index (χ1) is 10.9. The van der Waals surface area contributed by atoms with Gasteiger partial charge in [-0.15, -0.1) is 0 Å². The van der Waals surface area contributed by atoms with Crippen molar-refractivity contribution >= 4 is 34.4 Å². The number of aliphatic hydroxyl groups excluding tert-OH is 1. The highest BCUT2D eigenvalue weighted by Crippen LogP contribution is 2.30. The van der Waals surface area contributed by atoms with Gasteiger partial charge in [0, 0.05) is 20.1 Å². The van der Waals surface area contributed by atoms with Crippen molar-refractivity contribution < 1.29 is 5.11 Å². The number of likely N-dealkylation sites (tertiary alicyclic amines) is 1. The molecular weight excluding hydrogens is 316 g/mol. The van der Waals surface area contributed by atoms with Gasteiger partial charge in [-0.25, -0.2) is 4.98 Å². The summed E-state index contributed by atoms with van der Waals surface area (Å²) in [6, 6.07) is -0.100. The van der Waals surface area contributed by atoms with Crippen LogP contribution in [0, 0.1) is 13.8 Å². The van der Waals surface area contributed by atoms with E-state index in [1.807, 2.05) is 20.9 Å². The molecule has 124 valence electrons. The molecule has 1 aliphatic rings. The maximum absolute atomic E-state index is 10.1. The van der Waals surface area contributed by atoms with Crippen LogP contribution in [0.1, 0.15) is 11.3 Å². The van der Waals surface area contributed by atoms with E-state index in [0.717, 1.165) is 23.2 Å². The van der Waals surface area contributed by atoms with Gasteiger partial charge in [0.1, 0.15) is 5.82 Å². The molecule has 0 unspecified atom stereocenters. The summed E-state index contributed by atoms with van der Waals surface area (Å²) in [6.45, 7) is 5.17. The van der Waals surface area contributed by atoms with Gasteiger partial charge in [-0.3, -0.25) is 0 Å². The molecule has 0 bridgehead atoms. The highest BCUT2D eigenvalue weighted by Gasteiger charge is 2.29. The molecule has 23 heavy (non-hydrogen) atoms. The second kappa shape index (κ2) is 6.07. The minimum Gasteiger partial charge on any atom is -0.390 e. The summed E-state index contributed by atoms with van der Waals surface area (Å²) in [4.78, 5) is 15.6. The normalized spacial score (nSPS) is 21.8. The van der Waals surface area contributed by atoms with Crippen LogP contribution in [-0.4, -0.2) is 64.3 Å². The van der Waals surface area contributed by atoms with Crippen molar-refractivity contribution in [1.82, 2.24) is 19.9 Å². The topological polar surface area (TPSA) is 86.2 Å². The number of fused-ring (bicyclic) bond motifs is 1. The Labute approximate surface area is 140 Å². The molecule has 3 heterocycles. The number of aromatic nitrogens is 3. The third-order valence-electron chi connectivity index (χ3n) is 4.21. The lowest BCUT2D eigenvalue weighted by Gasteiger charge is -2.17. The molecule has 2 aromatic rings. The van der Waals surface area contributed by atoms with Gasteiger partial charge in [0.05, 0.1) is 28.2 Å². The van der Waals surface area contributed by atoms with Gasteiger partial charge >= 0.3 is 0 Å². The standard InChI is InChI=1S/C15H21ClN6O/c1-7-11-13(17-3)20-15(19-9-5-22(4)6-10(9)23)21-14(11)18-8(2)12(7)16/h9-10,23H,5-6H2,1-4H3,(H2,17,18,19,20,21)/t9-,10-/m0/s1. The van der Waals surface area contributed by atoms with Gasteiger partial charge in [-0.2, -0.15) is 9.97 Å². The van der Waals surface area contributed by atoms with E-state index in [1.54, 1.807) is 7.05 Å². The predicted molar refractivity (Wildman–Crippen MR) is 92.3 cm³/mol. The number of hydrogen-bond acceptors (Lipinski definition) is 7. The molecule has 1 aliphatic heterocycles. The van der Waals surface area contributed by atoms with Gasteiger partial charge in [0.25, 0.3) is 0 Å². The van der Waals surface area contributed by atoms with Crippen molar-refractivity contribution in [2.24, 2.45) is 0 Å². The molecule has 2 aromatic heterocycles. The summed E-state index contributed by atoms with van der Waals surface area (Å²) >= 11 is 6.30. The zero-order valence-electron chi connectivity index (χ0n) is 13.7. The molecule has 7 nitrogen and oxygen atoms in total. The molecule has 0 radical (unpaired) electrons. The molecule has 0 aromatic carbocycles. The number of likely N-dealkylation sites (N-methyl/N-ethyl adjacent to an activating group) is 1. The van der Waals surface area contributed by atoms with E-state index in [0.29, 0.717) is 29.0 Å². The zero-order valence-corrected chi connectivity index (χ0v) is 14.4. The predicted octanol–water partition coefficient (Wildman–Crippen LogP) is 1.42. The number of pyridine rings is 1. The fourth-order valence-corrected chi connectivity index (χ4v) is 3.13. The molecule has 0 aliphatic carbocycles. The number of halogens is 1. The number of nitrogens with zero attached hydrogens (tertiary/aromatic N) is 4. The van der Waals surface area contributed by atoms with Crippen LogP contribution in [0.15, 0.2) is 0 Å². The van der Waals surface area contributed by atoms with Crippen molar-refractivity contribution in [3.05, 3.63) is 16.3 Å². The van der Waals surface area contributed by atoms with E-state index in [9.17, 15) is 5.11 Å². The quantitative estimate of drug-likeness (QED) is 0.781. The second-order valence-electron chi connectivity index (χ2n) is 6.02. The van der Waals surface area contributed by atoms with Crippen LogP contribution in [0.2, 0.25) is 5.02 Å². The van der Waals surface area contributed by atoms with Crippen LogP contribution < -0.4 is 10.6 Å². The Bertz CT molecular complexity index is 753. The molecular formula is C15H21ClN6O. The van der Waals surface area contributed by atoms with Crippen LogP contribution in [0.3, 0.4) is 0 Å². The molecule has 0 saturated carbocycles. The Hall–Kier alpha value is -1.70. The van der Waals surface area contributed by atoms with E-state index in [2.05, 4.69) is 30.5 Å². The summed E-state index contributed by atoms with van der Waals surface area (Å²) in [5, 5.41) is 17.8. The molecule has 8 heteroatoms. The van der Waals surface area contributed by atoms with Crippen LogP contribution in [0.25, 0.3) is 11.0 Å². The molecule has 1 saturated heterocycles. The van der Waals surface area contributed by atoms with Crippen molar-refractivity contribution in [1.29, 1.82) is 0 Å². The van der Waals surface area contributed by atoms with E-state index in [4.69, 9.17) is 11.6 Å². The third kappa shape index (κ3) is 2.91. The first kappa shape index (κ1) is 16.2. The smallest absolute Gasteiger partial charge is 0.227 e. The number of β-amino-alcohol motifs (C(OH)–C–C–N with tert-alkyl or cyclic N) is 1. The maximum atomic E-state index is 10.1. The van der Waals surface area contributed by atoms with E-state index >= 15 is 0 Å². The van der Waals surface area contributed by atoms with Gasteiger partial charge in [0.2, 0.25) is 5.95 Å². The Morgan fingerprint density at radius 2 is 1.96 bits per heavy atom. The summed E-state index contributed by atoms with van der Waals surface area (Å²) in [5.41, 5.74) is 2.24. The average Bonchev–Trinajstić information content (AvgIpc) is 2.81. The summed E-state index contributed by atoms with van der Waals surface area (Å²) in [7, 11) is 3.78. The Kier molecular flexibility index (Phi) is 4.27. The summed E-state index contributed by atoms with van der Waals surface area (Å²) in [6.07, 6.45) is -0.445. The number of hydrogen-bond donors (Lipinski definition) is 3. The lowest BCUT2D eigenvalue weighted by Crippen LogP contribution is -2.32. The van der Waals surface area contributed by atoms with Gasteiger partial charge in [0.15, 0.2) is 5.65 Å². The maximum Gasteiger partial charge on any atom is 0.227 e. The zero-order chi connectivity index (χ0) is 16.7. The van der Waals surface area contributed by atoms with E-state index in [1.165, 1.54) is 0 Å². The highest BCUT2D eigenvalue weighted by atomic mass is 35.5. The van der Waals surface area contributed by atoms with Crippen molar-refractivity contribution in [2.75, 3.05) is 37.8 Å². The Morgan fingerprint density at radius 3 is 2.57 bits per heavy atom. The number of rotatable bonds is 3. The molecule has 3 N–H and O–H groups in total. The Morgan fingerprint density at radius 1 is 1.22 bits per heavy atom. The summed E-state index contributed by atoms with van der Waals surface area (Å²) < 4.78 is 0. The molecule has 3 rings (SSSR count). The van der Waals surface area contributed by atoms with Crippen LogP contribution >= 0.6 is 11.6 Å². The minimum absolute atomic E-state index is 0.100. The lowest BCUT2D eigenvalue weighted by molar-refractivity contribution is 0.174. The van der Waals surface area contributed by atoms with Gasteiger partial charge in [-0.1, -0.05) is 11.6 Å². The molecule has 0 spiro atoms. The first-order valence-corrected chi connectivity index (χ1v) is 7.93. The van der Waals surface area contributed by atoms with Crippen LogP contribution in [0.5, 0.6) is 0 Å². The largest absolute Gasteiger partial charge is 0.390 e. The van der Waals surface area contributed by atoms with Gasteiger partial charge in [-0.05, 0) is 26.5 Å². The van der Waals surface area contributed by atoms with Crippen molar-refractivity contribution in [3.8, 4) is 0 Å².